The van der Waals surface area contributed by atoms with E-state index in [1.165, 1.54) is 0 Å². The molecule has 23 heavy (non-hydrogen) atoms. The van der Waals surface area contributed by atoms with Crippen molar-refractivity contribution in [2.75, 3.05) is 13.1 Å². The molecule has 1 aromatic carbocycles. The van der Waals surface area contributed by atoms with E-state index >= 15 is 0 Å². The Balaban J connectivity index is 0.00000264. The summed E-state index contributed by atoms with van der Waals surface area (Å²) in [5.74, 6) is -0.0486. The smallest absolute Gasteiger partial charge is 0.369 e. The lowest BCUT2D eigenvalue weighted by Crippen LogP contribution is -2.36. The standard InChI is InChI=1S/C13H15ClF3N5.ClH/c14-9-4-3-8(13(15,16)17)7-10(9)20-11(18)21-12(19)22-5-1-2-6-22;/h3-4,7H,1-2,5-6H2,(H4,18,19,20,21);1H. The summed E-state index contributed by atoms with van der Waals surface area (Å²) in [4.78, 5) is 9.54. The number of nitrogens with two attached hydrogens (primary N) is 2. The van der Waals surface area contributed by atoms with E-state index in [0.29, 0.717) is 0 Å². The molecule has 0 bridgehead atoms. The summed E-state index contributed by atoms with van der Waals surface area (Å²) in [6.07, 6.45) is -2.47. The molecule has 128 valence electrons. The minimum absolute atomic E-state index is 0. The molecule has 5 nitrogen and oxygen atoms in total. The number of nitrogens with zero attached hydrogens (tertiary/aromatic N) is 3. The molecule has 0 aromatic heterocycles. The number of benzene rings is 1. The highest BCUT2D eigenvalue weighted by atomic mass is 35.5. The maximum atomic E-state index is 12.7. The lowest BCUT2D eigenvalue weighted by atomic mass is 10.2. The quantitative estimate of drug-likeness (QED) is 0.589. The normalized spacial score (nSPS) is 16.4. The van der Waals surface area contributed by atoms with Gasteiger partial charge < -0.3 is 16.4 Å². The van der Waals surface area contributed by atoms with Crippen molar-refractivity contribution in [3.05, 3.63) is 28.8 Å². The topological polar surface area (TPSA) is 80.0 Å². The fraction of sp³-hybridized carbons (Fsp3) is 0.385. The Kier molecular flexibility index (Phi) is 6.52. The highest BCUT2D eigenvalue weighted by molar-refractivity contribution is 6.33. The molecule has 0 radical (unpaired) electrons. The zero-order valence-electron chi connectivity index (χ0n) is 12.0. The molecular formula is C13H16Cl2F3N5. The predicted molar refractivity (Wildman–Crippen MR) is 87.4 cm³/mol. The van der Waals surface area contributed by atoms with Gasteiger partial charge in [0.05, 0.1) is 16.3 Å². The summed E-state index contributed by atoms with van der Waals surface area (Å²) in [6.45, 7) is 1.54. The van der Waals surface area contributed by atoms with Crippen LogP contribution < -0.4 is 11.5 Å². The van der Waals surface area contributed by atoms with Crippen LogP contribution in [-0.4, -0.2) is 29.9 Å². The number of hydrogen-bond acceptors (Lipinski definition) is 1. The number of guanidine groups is 2. The van der Waals surface area contributed by atoms with Crippen LogP contribution >= 0.6 is 24.0 Å². The van der Waals surface area contributed by atoms with Crippen LogP contribution in [0.1, 0.15) is 18.4 Å². The van der Waals surface area contributed by atoms with Gasteiger partial charge in [-0.3, -0.25) is 0 Å². The van der Waals surface area contributed by atoms with Crippen LogP contribution in [0, 0.1) is 0 Å². The van der Waals surface area contributed by atoms with Gasteiger partial charge in [0, 0.05) is 13.1 Å². The Morgan fingerprint density at radius 3 is 2.35 bits per heavy atom. The van der Waals surface area contributed by atoms with Gasteiger partial charge >= 0.3 is 6.18 Å². The van der Waals surface area contributed by atoms with Gasteiger partial charge in [-0.2, -0.15) is 18.2 Å². The van der Waals surface area contributed by atoms with E-state index in [0.717, 1.165) is 44.1 Å². The fourth-order valence-corrected chi connectivity index (χ4v) is 2.22. The van der Waals surface area contributed by atoms with E-state index < -0.39 is 11.7 Å². The van der Waals surface area contributed by atoms with Gasteiger partial charge in [-0.05, 0) is 31.0 Å². The minimum Gasteiger partial charge on any atom is -0.369 e. The Labute approximate surface area is 142 Å². The molecule has 0 aliphatic carbocycles. The highest BCUT2D eigenvalue weighted by Crippen LogP contribution is 2.35. The summed E-state index contributed by atoms with van der Waals surface area (Å²) in [5.41, 5.74) is 10.4. The first-order valence-electron chi connectivity index (χ1n) is 6.57. The molecule has 1 aromatic rings. The van der Waals surface area contributed by atoms with Crippen LogP contribution in [0.25, 0.3) is 0 Å². The molecule has 2 rings (SSSR count). The van der Waals surface area contributed by atoms with E-state index in [4.69, 9.17) is 23.1 Å². The average molecular weight is 370 g/mol. The second-order valence-corrected chi connectivity index (χ2v) is 5.21. The first-order chi connectivity index (χ1) is 10.3. The van der Waals surface area contributed by atoms with Crippen molar-refractivity contribution in [3.8, 4) is 0 Å². The average Bonchev–Trinajstić information content (AvgIpc) is 2.94. The number of halogens is 5. The Hall–Kier alpha value is -1.67. The van der Waals surface area contributed by atoms with Gasteiger partial charge in [-0.25, -0.2) is 4.99 Å². The summed E-state index contributed by atoms with van der Waals surface area (Å²) < 4.78 is 38.0. The number of likely N-dealkylation sites (tertiary alicyclic amines) is 1. The third kappa shape index (κ3) is 5.18. The first-order valence-corrected chi connectivity index (χ1v) is 6.95. The third-order valence-corrected chi connectivity index (χ3v) is 3.49. The molecule has 1 aliphatic heterocycles. The molecule has 1 saturated heterocycles. The Morgan fingerprint density at radius 1 is 1.17 bits per heavy atom. The van der Waals surface area contributed by atoms with Gasteiger partial charge in [-0.15, -0.1) is 12.4 Å². The SMILES string of the molecule is Cl.NC(=Nc1cc(C(F)(F)F)ccc1Cl)N=C(N)N1CCCC1. The van der Waals surface area contributed by atoms with Crippen molar-refractivity contribution in [1.82, 2.24) is 4.90 Å². The van der Waals surface area contributed by atoms with Crippen molar-refractivity contribution in [2.45, 2.75) is 19.0 Å². The lowest BCUT2D eigenvalue weighted by molar-refractivity contribution is -0.137. The zero-order chi connectivity index (χ0) is 16.3. The summed E-state index contributed by atoms with van der Waals surface area (Å²) in [5, 5.41) is 0.0471. The van der Waals surface area contributed by atoms with Crippen molar-refractivity contribution >= 4 is 41.6 Å². The van der Waals surface area contributed by atoms with Crippen LogP contribution in [0.5, 0.6) is 0 Å². The highest BCUT2D eigenvalue weighted by Gasteiger charge is 2.31. The van der Waals surface area contributed by atoms with Crippen LogP contribution in [0.4, 0.5) is 18.9 Å². The molecule has 0 unspecified atom stereocenters. The van der Waals surface area contributed by atoms with E-state index in [1.54, 1.807) is 0 Å². The second kappa shape index (κ2) is 7.74. The van der Waals surface area contributed by atoms with E-state index in [2.05, 4.69) is 9.98 Å². The van der Waals surface area contributed by atoms with Crippen LogP contribution in [0.2, 0.25) is 5.02 Å². The molecule has 1 fully saturated rings. The lowest BCUT2D eigenvalue weighted by Gasteiger charge is -2.15. The fourth-order valence-electron chi connectivity index (χ4n) is 2.06. The zero-order valence-corrected chi connectivity index (χ0v) is 13.5. The number of aliphatic imine (C=N–C) groups is 2. The van der Waals surface area contributed by atoms with Crippen molar-refractivity contribution in [2.24, 2.45) is 21.5 Å². The molecular weight excluding hydrogens is 354 g/mol. The van der Waals surface area contributed by atoms with E-state index in [-0.39, 0.29) is 35.0 Å². The van der Waals surface area contributed by atoms with Gasteiger partial charge in [0.2, 0.25) is 5.96 Å². The molecule has 0 spiro atoms. The van der Waals surface area contributed by atoms with Gasteiger partial charge in [-0.1, -0.05) is 11.6 Å². The number of alkyl halides is 3. The molecule has 1 aliphatic rings. The number of hydrogen-bond donors (Lipinski definition) is 2. The summed E-state index contributed by atoms with van der Waals surface area (Å²) in [6, 6.07) is 2.81. The second-order valence-electron chi connectivity index (χ2n) is 4.80. The molecule has 0 saturated carbocycles. The molecule has 4 N–H and O–H groups in total. The van der Waals surface area contributed by atoms with E-state index in [9.17, 15) is 13.2 Å². The van der Waals surface area contributed by atoms with Gasteiger partial charge in [0.15, 0.2) is 5.96 Å². The Bertz CT molecular complexity index is 610. The van der Waals surface area contributed by atoms with Gasteiger partial charge in [0.25, 0.3) is 0 Å². The molecule has 10 heteroatoms. The largest absolute Gasteiger partial charge is 0.416 e. The molecule has 1 heterocycles. The summed E-state index contributed by atoms with van der Waals surface area (Å²) in [7, 11) is 0. The monoisotopic (exact) mass is 369 g/mol. The maximum absolute atomic E-state index is 12.7. The van der Waals surface area contributed by atoms with E-state index in [1.807, 2.05) is 4.90 Å². The molecule has 0 atom stereocenters. The van der Waals surface area contributed by atoms with Crippen LogP contribution in [-0.2, 0) is 6.18 Å². The van der Waals surface area contributed by atoms with Crippen molar-refractivity contribution in [3.63, 3.8) is 0 Å². The van der Waals surface area contributed by atoms with Crippen molar-refractivity contribution in [1.29, 1.82) is 0 Å². The number of rotatable bonds is 1. The maximum Gasteiger partial charge on any atom is 0.416 e. The van der Waals surface area contributed by atoms with Gasteiger partial charge in [0.1, 0.15) is 0 Å². The summed E-state index contributed by atoms with van der Waals surface area (Å²) >= 11 is 5.83. The van der Waals surface area contributed by atoms with Crippen LogP contribution in [0.15, 0.2) is 28.2 Å². The minimum atomic E-state index is -4.48. The first kappa shape index (κ1) is 19.4. The van der Waals surface area contributed by atoms with Crippen LogP contribution in [0.3, 0.4) is 0 Å². The van der Waals surface area contributed by atoms with Crippen molar-refractivity contribution < 1.29 is 13.2 Å². The predicted octanol–water partition coefficient (Wildman–Crippen LogP) is 3.14. The third-order valence-electron chi connectivity index (χ3n) is 3.17. The molecule has 0 amide bonds. The Morgan fingerprint density at radius 2 is 1.78 bits per heavy atom.